The Morgan fingerprint density at radius 1 is 1.53 bits per heavy atom. The van der Waals surface area contributed by atoms with E-state index < -0.39 is 0 Å². The third-order valence-corrected chi connectivity index (χ3v) is 3.58. The molecule has 5 heteroatoms. The van der Waals surface area contributed by atoms with Gasteiger partial charge in [0.15, 0.2) is 5.69 Å². The van der Waals surface area contributed by atoms with Gasteiger partial charge in [0.1, 0.15) is 5.76 Å². The van der Waals surface area contributed by atoms with E-state index in [2.05, 4.69) is 5.16 Å². The van der Waals surface area contributed by atoms with Crippen molar-refractivity contribution in [2.45, 2.75) is 37.6 Å². The summed E-state index contributed by atoms with van der Waals surface area (Å²) in [5.74, 6) is 1.18. The molecule has 0 radical (unpaired) electrons. The van der Waals surface area contributed by atoms with Crippen molar-refractivity contribution < 1.29 is 14.4 Å². The van der Waals surface area contributed by atoms with Crippen LogP contribution in [0.2, 0.25) is 0 Å². The Balaban J connectivity index is 1.75. The lowest BCUT2D eigenvalue weighted by molar-refractivity contribution is 0.0667. The van der Waals surface area contributed by atoms with E-state index >= 15 is 0 Å². The van der Waals surface area contributed by atoms with Crippen molar-refractivity contribution >= 4 is 5.91 Å². The minimum atomic E-state index is -0.114. The molecular weight excluding hydrogens is 220 g/mol. The van der Waals surface area contributed by atoms with Crippen LogP contribution in [0.5, 0.6) is 0 Å². The second-order valence-corrected chi connectivity index (χ2v) is 4.87. The van der Waals surface area contributed by atoms with E-state index in [0.29, 0.717) is 18.2 Å². The standard InChI is InChI=1S/C12H16N2O3/c15-7-9-2-1-5-14(9)12(16)10-6-11(17-13-10)8-3-4-8/h6,8-9,15H,1-5,7H2/t9-/m0/s1. The zero-order valence-corrected chi connectivity index (χ0v) is 9.63. The number of carbonyl (C=O) groups excluding carboxylic acids is 1. The van der Waals surface area contributed by atoms with Gasteiger partial charge in [0.25, 0.3) is 5.91 Å². The highest BCUT2D eigenvalue weighted by molar-refractivity contribution is 5.92. The van der Waals surface area contributed by atoms with Crippen molar-refractivity contribution in [1.82, 2.24) is 10.1 Å². The van der Waals surface area contributed by atoms with Gasteiger partial charge in [-0.25, -0.2) is 0 Å². The fourth-order valence-corrected chi connectivity index (χ4v) is 2.39. The van der Waals surface area contributed by atoms with Gasteiger partial charge in [-0.05, 0) is 25.7 Å². The number of aliphatic hydroxyl groups excluding tert-OH is 1. The number of hydrogen-bond donors (Lipinski definition) is 1. The fourth-order valence-electron chi connectivity index (χ4n) is 2.39. The Hall–Kier alpha value is -1.36. The normalized spacial score (nSPS) is 24.3. The second-order valence-electron chi connectivity index (χ2n) is 4.87. The predicted molar refractivity (Wildman–Crippen MR) is 59.6 cm³/mol. The average Bonchev–Trinajstić information content (AvgIpc) is 2.93. The number of aromatic nitrogens is 1. The van der Waals surface area contributed by atoms with Crippen molar-refractivity contribution in [2.24, 2.45) is 0 Å². The summed E-state index contributed by atoms with van der Waals surface area (Å²) in [6.07, 6.45) is 4.08. The average molecular weight is 236 g/mol. The second kappa shape index (κ2) is 4.14. The lowest BCUT2D eigenvalue weighted by Crippen LogP contribution is -2.37. The molecule has 1 saturated heterocycles. The molecule has 92 valence electrons. The molecule has 2 fully saturated rings. The highest BCUT2D eigenvalue weighted by Gasteiger charge is 2.33. The number of aliphatic hydroxyl groups is 1. The Morgan fingerprint density at radius 2 is 2.35 bits per heavy atom. The highest BCUT2D eigenvalue weighted by atomic mass is 16.5. The fraction of sp³-hybridized carbons (Fsp3) is 0.667. The highest BCUT2D eigenvalue weighted by Crippen LogP contribution is 2.40. The van der Waals surface area contributed by atoms with Crippen LogP contribution >= 0.6 is 0 Å². The Bertz CT molecular complexity index is 425. The van der Waals surface area contributed by atoms with Gasteiger partial charge >= 0.3 is 0 Å². The number of amides is 1. The molecule has 5 nitrogen and oxygen atoms in total. The van der Waals surface area contributed by atoms with E-state index in [-0.39, 0.29) is 18.6 Å². The first kappa shape index (κ1) is 10.8. The van der Waals surface area contributed by atoms with E-state index in [1.54, 1.807) is 11.0 Å². The summed E-state index contributed by atoms with van der Waals surface area (Å²) >= 11 is 0. The molecule has 1 aromatic heterocycles. The smallest absolute Gasteiger partial charge is 0.276 e. The number of hydrogen-bond acceptors (Lipinski definition) is 4. The molecule has 0 unspecified atom stereocenters. The van der Waals surface area contributed by atoms with Crippen molar-refractivity contribution in [2.75, 3.05) is 13.2 Å². The van der Waals surface area contributed by atoms with Crippen LogP contribution in [0.1, 0.15) is 47.8 Å². The Labute approximate surface area is 99.4 Å². The van der Waals surface area contributed by atoms with Gasteiger partial charge < -0.3 is 14.5 Å². The first-order chi connectivity index (χ1) is 8.29. The van der Waals surface area contributed by atoms with Gasteiger partial charge in [-0.15, -0.1) is 0 Å². The molecule has 2 heterocycles. The molecule has 1 amide bonds. The molecule has 0 bridgehead atoms. The molecule has 0 aromatic carbocycles. The maximum absolute atomic E-state index is 12.2. The summed E-state index contributed by atoms with van der Waals surface area (Å²) in [6, 6.07) is 1.70. The van der Waals surface area contributed by atoms with Crippen LogP contribution in [0, 0.1) is 0 Å². The number of rotatable bonds is 3. The maximum atomic E-state index is 12.2. The zero-order valence-electron chi connectivity index (χ0n) is 9.63. The van der Waals surface area contributed by atoms with E-state index in [0.717, 1.165) is 31.4 Å². The van der Waals surface area contributed by atoms with Crippen LogP contribution in [-0.2, 0) is 0 Å². The van der Waals surface area contributed by atoms with E-state index in [1.807, 2.05) is 0 Å². The minimum Gasteiger partial charge on any atom is -0.394 e. The summed E-state index contributed by atoms with van der Waals surface area (Å²) in [4.78, 5) is 13.9. The van der Waals surface area contributed by atoms with Crippen molar-refractivity contribution in [3.05, 3.63) is 17.5 Å². The monoisotopic (exact) mass is 236 g/mol. The summed E-state index contributed by atoms with van der Waals surface area (Å²) in [6.45, 7) is 0.731. The first-order valence-electron chi connectivity index (χ1n) is 6.18. The molecule has 1 aliphatic heterocycles. The van der Waals surface area contributed by atoms with E-state index in [9.17, 15) is 9.90 Å². The number of carbonyl (C=O) groups is 1. The molecule has 1 aromatic rings. The SMILES string of the molecule is O=C(c1cc(C2CC2)on1)N1CCC[C@H]1CO. The van der Waals surface area contributed by atoms with Gasteiger partial charge in [0.2, 0.25) is 0 Å². The molecular formula is C12H16N2O3. The van der Waals surface area contributed by atoms with Crippen LogP contribution in [-0.4, -0.2) is 40.3 Å². The zero-order chi connectivity index (χ0) is 11.8. The lowest BCUT2D eigenvalue weighted by atomic mass is 10.2. The third-order valence-electron chi connectivity index (χ3n) is 3.58. The third kappa shape index (κ3) is 1.95. The van der Waals surface area contributed by atoms with Gasteiger partial charge in [-0.2, -0.15) is 0 Å². The van der Waals surface area contributed by atoms with Crippen LogP contribution in [0.4, 0.5) is 0 Å². The van der Waals surface area contributed by atoms with Crippen molar-refractivity contribution in [3.63, 3.8) is 0 Å². The van der Waals surface area contributed by atoms with Crippen LogP contribution < -0.4 is 0 Å². The molecule has 2 aliphatic rings. The van der Waals surface area contributed by atoms with E-state index in [1.165, 1.54) is 0 Å². The molecule has 1 N–H and O–H groups in total. The number of nitrogens with zero attached hydrogens (tertiary/aromatic N) is 2. The topological polar surface area (TPSA) is 66.6 Å². The van der Waals surface area contributed by atoms with Crippen LogP contribution in [0.25, 0.3) is 0 Å². The lowest BCUT2D eigenvalue weighted by Gasteiger charge is -2.21. The van der Waals surface area contributed by atoms with Gasteiger partial charge in [-0.3, -0.25) is 4.79 Å². The molecule has 1 aliphatic carbocycles. The van der Waals surface area contributed by atoms with Crippen molar-refractivity contribution in [3.8, 4) is 0 Å². The largest absolute Gasteiger partial charge is 0.394 e. The van der Waals surface area contributed by atoms with Crippen molar-refractivity contribution in [1.29, 1.82) is 0 Å². The first-order valence-corrected chi connectivity index (χ1v) is 6.18. The van der Waals surface area contributed by atoms with Gasteiger partial charge in [-0.1, -0.05) is 5.16 Å². The quantitative estimate of drug-likeness (QED) is 0.854. The molecule has 1 saturated carbocycles. The minimum absolute atomic E-state index is 0.0269. The maximum Gasteiger partial charge on any atom is 0.276 e. The summed E-state index contributed by atoms with van der Waals surface area (Å²) < 4.78 is 5.18. The van der Waals surface area contributed by atoms with Crippen LogP contribution in [0.15, 0.2) is 10.6 Å². The summed E-state index contributed by atoms with van der Waals surface area (Å²) in [5.41, 5.74) is 0.382. The Morgan fingerprint density at radius 3 is 3.06 bits per heavy atom. The predicted octanol–water partition coefficient (Wildman–Crippen LogP) is 1.15. The summed E-state index contributed by atoms with van der Waals surface area (Å²) in [5, 5.41) is 13.0. The molecule has 3 rings (SSSR count). The van der Waals surface area contributed by atoms with Gasteiger partial charge in [0, 0.05) is 18.5 Å². The van der Waals surface area contributed by atoms with Gasteiger partial charge in [0.05, 0.1) is 12.6 Å². The van der Waals surface area contributed by atoms with Crippen LogP contribution in [0.3, 0.4) is 0 Å². The van der Waals surface area contributed by atoms with E-state index in [4.69, 9.17) is 4.52 Å². The molecule has 1 atom stereocenters. The Kier molecular flexibility index (Phi) is 2.63. The summed E-state index contributed by atoms with van der Waals surface area (Å²) in [7, 11) is 0. The number of likely N-dealkylation sites (tertiary alicyclic amines) is 1. The molecule has 0 spiro atoms. The molecule has 17 heavy (non-hydrogen) atoms.